The molecule has 0 atom stereocenters. The second-order valence-corrected chi connectivity index (χ2v) is 3.95. The monoisotopic (exact) mass is 274 g/mol. The van der Waals surface area contributed by atoms with E-state index in [4.69, 9.17) is 16.3 Å². The highest BCUT2D eigenvalue weighted by Gasteiger charge is 2.16. The van der Waals surface area contributed by atoms with Crippen LogP contribution in [0, 0.1) is 10.1 Å². The van der Waals surface area contributed by atoms with Gasteiger partial charge in [-0.2, -0.15) is 4.98 Å². The van der Waals surface area contributed by atoms with Crippen molar-refractivity contribution in [3.63, 3.8) is 0 Å². The fraction of sp³-hybridized carbons (Fsp3) is 0.600. The van der Waals surface area contributed by atoms with Gasteiger partial charge in [0, 0.05) is 20.3 Å². The van der Waals surface area contributed by atoms with Gasteiger partial charge >= 0.3 is 5.69 Å². The first-order valence-electron chi connectivity index (χ1n) is 5.55. The third kappa shape index (κ3) is 4.80. The number of aromatic nitrogens is 2. The molecule has 0 aromatic carbocycles. The number of hydrogen-bond donors (Lipinski definition) is 1. The van der Waals surface area contributed by atoms with Gasteiger partial charge in [0.15, 0.2) is 0 Å². The van der Waals surface area contributed by atoms with Crippen molar-refractivity contribution in [2.45, 2.75) is 19.3 Å². The molecule has 18 heavy (non-hydrogen) atoms. The van der Waals surface area contributed by atoms with Crippen molar-refractivity contribution in [1.29, 1.82) is 0 Å². The van der Waals surface area contributed by atoms with E-state index in [2.05, 4.69) is 15.3 Å². The molecule has 0 unspecified atom stereocenters. The highest BCUT2D eigenvalue weighted by atomic mass is 35.5. The number of ether oxygens (including phenoxy) is 1. The topological polar surface area (TPSA) is 90.2 Å². The zero-order valence-electron chi connectivity index (χ0n) is 10.1. The number of unbranched alkanes of at least 4 members (excludes halogenated alkanes) is 2. The van der Waals surface area contributed by atoms with Gasteiger partial charge in [-0.1, -0.05) is 0 Å². The SMILES string of the molecule is COCCCCCNc1nc(Cl)ncc1[N+](=O)[O-]. The van der Waals surface area contributed by atoms with E-state index in [1.807, 2.05) is 0 Å². The number of nitro groups is 1. The second-order valence-electron chi connectivity index (χ2n) is 3.61. The Hall–Kier alpha value is -1.47. The third-order valence-corrected chi connectivity index (χ3v) is 2.44. The van der Waals surface area contributed by atoms with Crippen LogP contribution in [-0.4, -0.2) is 35.2 Å². The van der Waals surface area contributed by atoms with Crippen LogP contribution in [0.1, 0.15) is 19.3 Å². The molecular weight excluding hydrogens is 260 g/mol. The lowest BCUT2D eigenvalue weighted by Crippen LogP contribution is -2.07. The summed E-state index contributed by atoms with van der Waals surface area (Å²) in [6, 6.07) is 0. The summed E-state index contributed by atoms with van der Waals surface area (Å²) in [6.45, 7) is 1.32. The van der Waals surface area contributed by atoms with Crippen LogP contribution in [0.3, 0.4) is 0 Å². The fourth-order valence-electron chi connectivity index (χ4n) is 1.37. The standard InChI is InChI=1S/C10H15ClN4O3/c1-18-6-4-2-3-5-12-9-8(15(16)17)7-13-10(11)14-9/h7H,2-6H2,1H3,(H,12,13,14). The van der Waals surface area contributed by atoms with E-state index in [0.29, 0.717) is 6.54 Å². The van der Waals surface area contributed by atoms with Crippen LogP contribution in [0.15, 0.2) is 6.20 Å². The van der Waals surface area contributed by atoms with Gasteiger partial charge < -0.3 is 10.1 Å². The summed E-state index contributed by atoms with van der Waals surface area (Å²) >= 11 is 5.60. The lowest BCUT2D eigenvalue weighted by atomic mass is 10.2. The summed E-state index contributed by atoms with van der Waals surface area (Å²) in [4.78, 5) is 17.6. The first kappa shape index (κ1) is 14.6. The van der Waals surface area contributed by atoms with E-state index in [0.717, 1.165) is 32.1 Å². The lowest BCUT2D eigenvalue weighted by Gasteiger charge is -2.05. The molecule has 0 aliphatic carbocycles. The molecular formula is C10H15ClN4O3. The average Bonchev–Trinajstić information content (AvgIpc) is 2.33. The van der Waals surface area contributed by atoms with Crippen LogP contribution in [0.2, 0.25) is 5.28 Å². The molecule has 1 rings (SSSR count). The fourth-order valence-corrected chi connectivity index (χ4v) is 1.51. The minimum atomic E-state index is -0.538. The van der Waals surface area contributed by atoms with Crippen LogP contribution in [-0.2, 0) is 4.74 Å². The number of hydrogen-bond acceptors (Lipinski definition) is 6. The van der Waals surface area contributed by atoms with Crippen molar-refractivity contribution in [2.24, 2.45) is 0 Å². The Bertz CT molecular complexity index is 403. The van der Waals surface area contributed by atoms with Crippen LogP contribution in [0.5, 0.6) is 0 Å². The van der Waals surface area contributed by atoms with E-state index in [1.54, 1.807) is 7.11 Å². The Morgan fingerprint density at radius 2 is 2.28 bits per heavy atom. The van der Waals surface area contributed by atoms with E-state index in [-0.39, 0.29) is 16.8 Å². The third-order valence-electron chi connectivity index (χ3n) is 2.25. The molecule has 0 saturated heterocycles. The Kier molecular flexibility index (Phi) is 6.31. The summed E-state index contributed by atoms with van der Waals surface area (Å²) < 4.78 is 4.93. The first-order chi connectivity index (χ1) is 8.65. The lowest BCUT2D eigenvalue weighted by molar-refractivity contribution is -0.384. The number of rotatable bonds is 8. The molecule has 0 radical (unpaired) electrons. The number of methoxy groups -OCH3 is 1. The molecule has 0 saturated carbocycles. The molecule has 8 heteroatoms. The van der Waals surface area contributed by atoms with Gasteiger partial charge in [0.25, 0.3) is 0 Å². The van der Waals surface area contributed by atoms with Crippen molar-refractivity contribution in [3.8, 4) is 0 Å². The van der Waals surface area contributed by atoms with Crippen LogP contribution < -0.4 is 5.32 Å². The van der Waals surface area contributed by atoms with E-state index >= 15 is 0 Å². The zero-order valence-corrected chi connectivity index (χ0v) is 10.8. The van der Waals surface area contributed by atoms with Gasteiger partial charge in [0.1, 0.15) is 6.20 Å². The number of nitrogens with zero attached hydrogens (tertiary/aromatic N) is 3. The zero-order chi connectivity index (χ0) is 13.4. The number of anilines is 1. The molecule has 1 N–H and O–H groups in total. The molecule has 0 bridgehead atoms. The van der Waals surface area contributed by atoms with Crippen LogP contribution in [0.4, 0.5) is 11.5 Å². The van der Waals surface area contributed by atoms with E-state index in [9.17, 15) is 10.1 Å². The Balaban J connectivity index is 2.45. The first-order valence-corrected chi connectivity index (χ1v) is 5.92. The maximum absolute atomic E-state index is 10.7. The molecule has 0 aliphatic heterocycles. The van der Waals surface area contributed by atoms with Gasteiger partial charge in [0.05, 0.1) is 4.92 Å². The molecule has 100 valence electrons. The van der Waals surface area contributed by atoms with Crippen molar-refractivity contribution < 1.29 is 9.66 Å². The van der Waals surface area contributed by atoms with Crippen LogP contribution >= 0.6 is 11.6 Å². The Morgan fingerprint density at radius 1 is 1.50 bits per heavy atom. The summed E-state index contributed by atoms with van der Waals surface area (Å²) in [5.41, 5.74) is -0.170. The summed E-state index contributed by atoms with van der Waals surface area (Å²) in [7, 11) is 1.66. The van der Waals surface area contributed by atoms with Crippen molar-refractivity contribution in [3.05, 3.63) is 21.6 Å². The number of nitrogens with one attached hydrogen (secondary N) is 1. The van der Waals surface area contributed by atoms with E-state index < -0.39 is 4.92 Å². The molecule has 1 heterocycles. The quantitative estimate of drug-likeness (QED) is 0.338. The predicted molar refractivity (Wildman–Crippen MR) is 67.9 cm³/mol. The minimum Gasteiger partial charge on any atom is -0.385 e. The average molecular weight is 275 g/mol. The normalized spacial score (nSPS) is 10.3. The maximum Gasteiger partial charge on any atom is 0.329 e. The summed E-state index contributed by atoms with van der Waals surface area (Å²) in [5.74, 6) is 0.159. The van der Waals surface area contributed by atoms with Gasteiger partial charge in [-0.05, 0) is 30.9 Å². The molecule has 0 spiro atoms. The molecule has 1 aromatic heterocycles. The summed E-state index contributed by atoms with van der Waals surface area (Å²) in [5, 5.41) is 13.6. The molecule has 0 fully saturated rings. The van der Waals surface area contributed by atoms with Crippen molar-refractivity contribution in [1.82, 2.24) is 9.97 Å². The smallest absolute Gasteiger partial charge is 0.329 e. The van der Waals surface area contributed by atoms with Crippen LogP contribution in [0.25, 0.3) is 0 Å². The second kappa shape index (κ2) is 7.78. The minimum absolute atomic E-state index is 0.0116. The number of halogens is 1. The largest absolute Gasteiger partial charge is 0.385 e. The van der Waals surface area contributed by atoms with Gasteiger partial charge in [-0.3, -0.25) is 10.1 Å². The van der Waals surface area contributed by atoms with Crippen molar-refractivity contribution >= 4 is 23.1 Å². The summed E-state index contributed by atoms with van der Waals surface area (Å²) in [6.07, 6.45) is 3.92. The maximum atomic E-state index is 10.7. The predicted octanol–water partition coefficient (Wildman–Crippen LogP) is 2.27. The van der Waals surface area contributed by atoms with Gasteiger partial charge in [0.2, 0.25) is 11.1 Å². The van der Waals surface area contributed by atoms with Gasteiger partial charge in [-0.15, -0.1) is 0 Å². The Morgan fingerprint density at radius 3 is 2.94 bits per heavy atom. The Labute approximate surface area is 110 Å². The van der Waals surface area contributed by atoms with E-state index in [1.165, 1.54) is 0 Å². The van der Waals surface area contributed by atoms with Crippen molar-refractivity contribution in [2.75, 3.05) is 25.6 Å². The molecule has 0 aliphatic rings. The molecule has 7 nitrogen and oxygen atoms in total. The van der Waals surface area contributed by atoms with Gasteiger partial charge in [-0.25, -0.2) is 4.98 Å². The molecule has 0 amide bonds. The highest BCUT2D eigenvalue weighted by molar-refractivity contribution is 6.28. The molecule has 1 aromatic rings. The highest BCUT2D eigenvalue weighted by Crippen LogP contribution is 2.21.